The fourth-order valence-electron chi connectivity index (χ4n) is 3.86. The maximum Gasteiger partial charge on any atom is 0.125 e. The van der Waals surface area contributed by atoms with E-state index in [1.54, 1.807) is 11.3 Å². The third-order valence-electron chi connectivity index (χ3n) is 4.99. The van der Waals surface area contributed by atoms with E-state index in [-0.39, 0.29) is 5.41 Å². The van der Waals surface area contributed by atoms with Crippen LogP contribution in [-0.2, 0) is 5.60 Å². The van der Waals surface area contributed by atoms with Gasteiger partial charge in [-0.05, 0) is 31.6 Å². The predicted octanol–water partition coefficient (Wildman–Crippen LogP) is 3.32. The Kier molecular flexibility index (Phi) is 2.37. The molecule has 1 aromatic rings. The molecule has 1 heterocycles. The minimum atomic E-state index is -0.647. The summed E-state index contributed by atoms with van der Waals surface area (Å²) in [6.07, 6.45) is 8.96. The van der Waals surface area contributed by atoms with E-state index in [4.69, 9.17) is 0 Å². The number of aliphatic hydroxyl groups is 1. The van der Waals surface area contributed by atoms with Gasteiger partial charge in [-0.1, -0.05) is 19.8 Å². The van der Waals surface area contributed by atoms with Crippen LogP contribution >= 0.6 is 11.3 Å². The zero-order valence-electron chi connectivity index (χ0n) is 9.78. The summed E-state index contributed by atoms with van der Waals surface area (Å²) in [6.45, 7) is 2.28. The van der Waals surface area contributed by atoms with Crippen molar-refractivity contribution in [1.82, 2.24) is 4.98 Å². The van der Waals surface area contributed by atoms with Gasteiger partial charge in [-0.2, -0.15) is 0 Å². The molecule has 3 atom stereocenters. The summed E-state index contributed by atoms with van der Waals surface area (Å²) in [4.78, 5) is 4.37. The van der Waals surface area contributed by atoms with E-state index >= 15 is 0 Å². The molecule has 0 aromatic carbocycles. The minimum absolute atomic E-state index is 0.0725. The van der Waals surface area contributed by atoms with E-state index in [1.807, 2.05) is 11.6 Å². The molecule has 2 saturated carbocycles. The van der Waals surface area contributed by atoms with Gasteiger partial charge in [-0.25, -0.2) is 4.98 Å². The van der Waals surface area contributed by atoms with E-state index in [0.717, 1.165) is 17.8 Å². The second kappa shape index (κ2) is 3.54. The zero-order valence-corrected chi connectivity index (χ0v) is 10.6. The largest absolute Gasteiger partial charge is 0.382 e. The number of thiazole rings is 1. The molecule has 2 aliphatic carbocycles. The zero-order chi connectivity index (χ0) is 11.2. The standard InChI is InChI=1S/C13H19NOS/c1-12-6-3-2-4-10(12)5-7-13(12,15)11-14-8-9-16-11/h8-10,15H,2-7H2,1H3. The third-order valence-corrected chi connectivity index (χ3v) is 5.91. The fourth-order valence-corrected chi connectivity index (χ4v) is 4.76. The van der Waals surface area contributed by atoms with Crippen LogP contribution in [0.3, 0.4) is 0 Å². The first-order valence-corrected chi connectivity index (χ1v) is 7.17. The van der Waals surface area contributed by atoms with Crippen LogP contribution in [0.1, 0.15) is 50.5 Å². The average Bonchev–Trinajstić information content (AvgIpc) is 2.87. The van der Waals surface area contributed by atoms with E-state index in [2.05, 4.69) is 11.9 Å². The topological polar surface area (TPSA) is 33.1 Å². The summed E-state index contributed by atoms with van der Waals surface area (Å²) in [5.41, 5.74) is -0.574. The van der Waals surface area contributed by atoms with Gasteiger partial charge in [0.1, 0.15) is 10.6 Å². The second-order valence-electron chi connectivity index (χ2n) is 5.60. The van der Waals surface area contributed by atoms with Gasteiger partial charge in [-0.3, -0.25) is 0 Å². The van der Waals surface area contributed by atoms with Gasteiger partial charge in [0.15, 0.2) is 0 Å². The number of hydrogen-bond acceptors (Lipinski definition) is 3. The first kappa shape index (κ1) is 10.7. The lowest BCUT2D eigenvalue weighted by atomic mass is 9.63. The van der Waals surface area contributed by atoms with Crippen molar-refractivity contribution in [2.75, 3.05) is 0 Å². The Morgan fingerprint density at radius 2 is 2.25 bits per heavy atom. The highest BCUT2D eigenvalue weighted by atomic mass is 32.1. The van der Waals surface area contributed by atoms with Crippen LogP contribution in [0.25, 0.3) is 0 Å². The van der Waals surface area contributed by atoms with Crippen molar-refractivity contribution in [2.24, 2.45) is 11.3 Å². The molecule has 0 amide bonds. The van der Waals surface area contributed by atoms with Gasteiger partial charge in [-0.15, -0.1) is 11.3 Å². The average molecular weight is 237 g/mol. The van der Waals surface area contributed by atoms with Crippen molar-refractivity contribution >= 4 is 11.3 Å². The van der Waals surface area contributed by atoms with Gasteiger partial charge in [0.25, 0.3) is 0 Å². The minimum Gasteiger partial charge on any atom is -0.382 e. The third kappa shape index (κ3) is 1.25. The molecule has 1 N–H and O–H groups in total. The smallest absolute Gasteiger partial charge is 0.125 e. The first-order chi connectivity index (χ1) is 7.67. The molecule has 0 saturated heterocycles. The number of fused-ring (bicyclic) bond motifs is 1. The molecule has 3 heteroatoms. The molecule has 3 unspecified atom stereocenters. The van der Waals surface area contributed by atoms with Gasteiger partial charge < -0.3 is 5.11 Å². The summed E-state index contributed by atoms with van der Waals surface area (Å²) in [5, 5.41) is 14.0. The van der Waals surface area contributed by atoms with Crippen molar-refractivity contribution in [3.05, 3.63) is 16.6 Å². The summed E-state index contributed by atoms with van der Waals surface area (Å²) >= 11 is 1.61. The first-order valence-electron chi connectivity index (χ1n) is 6.29. The van der Waals surface area contributed by atoms with Crippen LogP contribution in [-0.4, -0.2) is 10.1 Å². The maximum absolute atomic E-state index is 11.1. The molecular formula is C13H19NOS. The Hall–Kier alpha value is -0.410. The number of aromatic nitrogens is 1. The summed E-state index contributed by atoms with van der Waals surface area (Å²) in [7, 11) is 0. The second-order valence-corrected chi connectivity index (χ2v) is 6.49. The van der Waals surface area contributed by atoms with Crippen molar-refractivity contribution in [3.63, 3.8) is 0 Å². The number of hydrogen-bond donors (Lipinski definition) is 1. The molecule has 2 fully saturated rings. The Labute approximate surface area is 101 Å². The molecule has 16 heavy (non-hydrogen) atoms. The molecule has 0 radical (unpaired) electrons. The molecule has 1 aromatic heterocycles. The van der Waals surface area contributed by atoms with Crippen LogP contribution in [0.15, 0.2) is 11.6 Å². The molecule has 2 nitrogen and oxygen atoms in total. The molecule has 2 aliphatic rings. The maximum atomic E-state index is 11.1. The highest BCUT2D eigenvalue weighted by Gasteiger charge is 2.58. The van der Waals surface area contributed by atoms with Crippen LogP contribution in [0, 0.1) is 11.3 Å². The number of rotatable bonds is 1. The molecule has 0 spiro atoms. The molecule has 0 aliphatic heterocycles. The summed E-state index contributed by atoms with van der Waals surface area (Å²) < 4.78 is 0. The Morgan fingerprint density at radius 3 is 3.00 bits per heavy atom. The Morgan fingerprint density at radius 1 is 1.38 bits per heavy atom. The summed E-state index contributed by atoms with van der Waals surface area (Å²) in [6, 6.07) is 0. The highest BCUT2D eigenvalue weighted by Crippen LogP contribution is 2.61. The lowest BCUT2D eigenvalue weighted by Crippen LogP contribution is -2.44. The van der Waals surface area contributed by atoms with E-state index in [1.165, 1.54) is 25.7 Å². The SMILES string of the molecule is CC12CCCCC1CCC2(O)c1nccs1. The van der Waals surface area contributed by atoms with Gasteiger partial charge >= 0.3 is 0 Å². The molecule has 0 bridgehead atoms. The van der Waals surface area contributed by atoms with Crippen molar-refractivity contribution in [2.45, 2.75) is 51.0 Å². The fraction of sp³-hybridized carbons (Fsp3) is 0.769. The lowest BCUT2D eigenvalue weighted by molar-refractivity contribution is -0.0904. The van der Waals surface area contributed by atoms with Crippen LogP contribution in [0.5, 0.6) is 0 Å². The van der Waals surface area contributed by atoms with E-state index in [9.17, 15) is 5.11 Å². The van der Waals surface area contributed by atoms with Gasteiger partial charge in [0.05, 0.1) is 0 Å². The predicted molar refractivity (Wildman–Crippen MR) is 65.3 cm³/mol. The quantitative estimate of drug-likeness (QED) is 0.812. The highest BCUT2D eigenvalue weighted by molar-refractivity contribution is 7.09. The monoisotopic (exact) mass is 237 g/mol. The number of nitrogens with zero attached hydrogens (tertiary/aromatic N) is 1. The van der Waals surface area contributed by atoms with Crippen molar-refractivity contribution in [1.29, 1.82) is 0 Å². The van der Waals surface area contributed by atoms with Gasteiger partial charge in [0, 0.05) is 17.0 Å². The van der Waals surface area contributed by atoms with Gasteiger partial charge in [0.2, 0.25) is 0 Å². The Bertz CT molecular complexity index is 377. The van der Waals surface area contributed by atoms with Crippen LogP contribution in [0.2, 0.25) is 0 Å². The van der Waals surface area contributed by atoms with Crippen LogP contribution < -0.4 is 0 Å². The molecule has 3 rings (SSSR count). The summed E-state index contributed by atoms with van der Waals surface area (Å²) in [5.74, 6) is 0.704. The Balaban J connectivity index is 2.02. The van der Waals surface area contributed by atoms with Crippen LogP contribution in [0.4, 0.5) is 0 Å². The van der Waals surface area contributed by atoms with E-state index < -0.39 is 5.60 Å². The molecule has 88 valence electrons. The van der Waals surface area contributed by atoms with Crippen molar-refractivity contribution in [3.8, 4) is 0 Å². The lowest BCUT2D eigenvalue weighted by Gasteiger charge is -2.44. The van der Waals surface area contributed by atoms with E-state index in [0.29, 0.717) is 5.92 Å². The molecular weight excluding hydrogens is 218 g/mol. The normalized spacial score (nSPS) is 43.2. The van der Waals surface area contributed by atoms with Crippen molar-refractivity contribution < 1.29 is 5.11 Å².